The van der Waals surface area contributed by atoms with Gasteiger partial charge in [0, 0.05) is 32.7 Å². The fourth-order valence-electron chi connectivity index (χ4n) is 4.69. The molecule has 3 amide bonds. The molecule has 0 aliphatic carbocycles. The summed E-state index contributed by atoms with van der Waals surface area (Å²) < 4.78 is 50.3. The monoisotopic (exact) mass is 576 g/mol. The van der Waals surface area contributed by atoms with E-state index >= 15 is 0 Å². The summed E-state index contributed by atoms with van der Waals surface area (Å²) in [5.74, 6) is -1.41. The maximum Gasteiger partial charge on any atom is 0.433 e. The van der Waals surface area contributed by atoms with Gasteiger partial charge < -0.3 is 24.2 Å². The summed E-state index contributed by atoms with van der Waals surface area (Å²) in [5.41, 5.74) is -2.17. The highest BCUT2D eigenvalue weighted by molar-refractivity contribution is 6.32. The lowest BCUT2D eigenvalue weighted by Crippen LogP contribution is -2.58. The van der Waals surface area contributed by atoms with Crippen LogP contribution in [0.5, 0.6) is 0 Å². The van der Waals surface area contributed by atoms with Crippen molar-refractivity contribution in [1.82, 2.24) is 19.7 Å². The Kier molecular flexibility index (Phi) is 9.74. The lowest BCUT2D eigenvalue weighted by molar-refractivity contribution is -0.142. The van der Waals surface area contributed by atoms with Gasteiger partial charge in [-0.3, -0.25) is 9.59 Å². The molecule has 1 aromatic rings. The van der Waals surface area contributed by atoms with Gasteiger partial charge in [-0.05, 0) is 45.2 Å². The third kappa shape index (κ3) is 8.20. The van der Waals surface area contributed by atoms with E-state index in [2.05, 4.69) is 4.98 Å². The van der Waals surface area contributed by atoms with E-state index in [-0.39, 0.29) is 43.4 Å². The molecular formula is C26H36ClF3N4O5. The number of pyridine rings is 1. The van der Waals surface area contributed by atoms with Crippen LogP contribution >= 0.6 is 11.6 Å². The number of carbonyl (C=O) groups is 3. The van der Waals surface area contributed by atoms with Crippen molar-refractivity contribution in [2.75, 3.05) is 45.9 Å². The molecule has 0 saturated carbocycles. The van der Waals surface area contributed by atoms with E-state index in [1.807, 2.05) is 13.8 Å². The summed E-state index contributed by atoms with van der Waals surface area (Å²) in [6.07, 6.45) is -5.06. The summed E-state index contributed by atoms with van der Waals surface area (Å²) in [6.45, 7) is 11.1. The van der Waals surface area contributed by atoms with Crippen LogP contribution in [0.15, 0.2) is 12.1 Å². The van der Waals surface area contributed by atoms with Gasteiger partial charge in [0.15, 0.2) is 0 Å². The van der Waals surface area contributed by atoms with Gasteiger partial charge in [-0.15, -0.1) is 0 Å². The lowest BCUT2D eigenvalue weighted by Gasteiger charge is -2.44. The topological polar surface area (TPSA) is 92.3 Å². The number of ether oxygens (including phenoxy) is 2. The zero-order valence-corrected chi connectivity index (χ0v) is 23.6. The molecule has 2 aliphatic heterocycles. The Balaban J connectivity index is 1.95. The first kappa shape index (κ1) is 30.9. The van der Waals surface area contributed by atoms with Gasteiger partial charge in [0.25, 0.3) is 5.91 Å². The number of hydrogen-bond donors (Lipinski definition) is 0. The van der Waals surface area contributed by atoms with Crippen molar-refractivity contribution in [3.05, 3.63) is 28.5 Å². The average molecular weight is 577 g/mol. The third-order valence-electron chi connectivity index (χ3n) is 6.39. The number of carbonyl (C=O) groups excluding carboxylic acids is 3. The Labute approximate surface area is 231 Å². The Morgan fingerprint density at radius 2 is 1.77 bits per heavy atom. The zero-order chi connectivity index (χ0) is 29.1. The quantitative estimate of drug-likeness (QED) is 0.484. The smallest absolute Gasteiger partial charge is 0.433 e. The van der Waals surface area contributed by atoms with Crippen molar-refractivity contribution < 1.29 is 37.0 Å². The first-order valence-electron chi connectivity index (χ1n) is 13.0. The Bertz CT molecular complexity index is 1060. The van der Waals surface area contributed by atoms with E-state index in [0.29, 0.717) is 32.4 Å². The highest BCUT2D eigenvalue weighted by Crippen LogP contribution is 2.31. The number of alkyl halides is 3. The fourth-order valence-corrected chi connectivity index (χ4v) is 4.93. The second-order valence-electron chi connectivity index (χ2n) is 11.3. The van der Waals surface area contributed by atoms with E-state index in [1.54, 1.807) is 25.7 Å². The Morgan fingerprint density at radius 3 is 2.31 bits per heavy atom. The summed E-state index contributed by atoms with van der Waals surface area (Å²) in [5, 5.41) is -0.565. The van der Waals surface area contributed by atoms with Gasteiger partial charge in [0.1, 0.15) is 16.4 Å². The minimum absolute atomic E-state index is 0.0274. The molecule has 0 radical (unpaired) electrons. The van der Waals surface area contributed by atoms with Crippen molar-refractivity contribution in [2.45, 2.75) is 58.9 Å². The van der Waals surface area contributed by atoms with Crippen molar-refractivity contribution in [3.8, 4) is 0 Å². The van der Waals surface area contributed by atoms with Gasteiger partial charge in [0.2, 0.25) is 5.91 Å². The maximum absolute atomic E-state index is 13.7. The molecule has 0 aromatic carbocycles. The van der Waals surface area contributed by atoms with Crippen LogP contribution < -0.4 is 0 Å². The van der Waals surface area contributed by atoms with E-state index in [4.69, 9.17) is 21.1 Å². The SMILES string of the molecule is CC(C)CN(C(=O)c1ccc(C(F)(F)F)nc1Cl)[C@H]1C[C@@H](C(=O)N2CCOCC2)CN(C(=O)OC(C)(C)C)C1. The third-order valence-corrected chi connectivity index (χ3v) is 6.67. The molecule has 0 bridgehead atoms. The standard InChI is InChI=1S/C26H36ClF3N4O5/c1-16(2)13-34(23(36)19-6-7-20(26(28,29)30)31-21(19)27)18-12-17(22(35)32-8-10-38-11-9-32)14-33(15-18)24(37)39-25(3,4)5/h6-7,16-18H,8-15H2,1-5H3/t17-,18+/m1/s1. The van der Waals surface area contributed by atoms with Gasteiger partial charge in [-0.1, -0.05) is 25.4 Å². The summed E-state index contributed by atoms with van der Waals surface area (Å²) >= 11 is 6.07. The van der Waals surface area contributed by atoms with Crippen LogP contribution in [0.2, 0.25) is 5.15 Å². The minimum Gasteiger partial charge on any atom is -0.444 e. The zero-order valence-electron chi connectivity index (χ0n) is 22.9. The normalized spacial score (nSPS) is 20.7. The summed E-state index contributed by atoms with van der Waals surface area (Å²) in [7, 11) is 0. The van der Waals surface area contributed by atoms with E-state index in [9.17, 15) is 27.6 Å². The van der Waals surface area contributed by atoms with Crippen LogP contribution in [0.3, 0.4) is 0 Å². The highest BCUT2D eigenvalue weighted by Gasteiger charge is 2.42. The summed E-state index contributed by atoms with van der Waals surface area (Å²) in [6, 6.07) is 1.11. The molecule has 3 rings (SSSR count). The van der Waals surface area contributed by atoms with Crippen LogP contribution in [-0.4, -0.2) is 95.2 Å². The number of aromatic nitrogens is 1. The van der Waals surface area contributed by atoms with Gasteiger partial charge in [-0.2, -0.15) is 13.2 Å². The van der Waals surface area contributed by atoms with E-state index in [0.717, 1.165) is 6.07 Å². The highest BCUT2D eigenvalue weighted by atomic mass is 35.5. The molecule has 0 N–H and O–H groups in total. The fraction of sp³-hybridized carbons (Fsp3) is 0.692. The largest absolute Gasteiger partial charge is 0.444 e. The van der Waals surface area contributed by atoms with Crippen LogP contribution in [-0.2, 0) is 20.4 Å². The number of piperidine rings is 1. The molecule has 3 heterocycles. The molecule has 218 valence electrons. The van der Waals surface area contributed by atoms with Gasteiger partial charge >= 0.3 is 12.3 Å². The predicted octanol–water partition coefficient (Wildman–Crippen LogP) is 4.34. The van der Waals surface area contributed by atoms with Crippen molar-refractivity contribution in [1.29, 1.82) is 0 Å². The molecular weight excluding hydrogens is 541 g/mol. The number of nitrogens with zero attached hydrogens (tertiary/aromatic N) is 4. The molecule has 1 aromatic heterocycles. The van der Waals surface area contributed by atoms with Crippen LogP contribution in [0, 0.1) is 11.8 Å². The predicted molar refractivity (Wildman–Crippen MR) is 137 cm³/mol. The molecule has 2 saturated heterocycles. The van der Waals surface area contributed by atoms with Gasteiger partial charge in [0.05, 0.1) is 30.7 Å². The number of rotatable bonds is 5. The summed E-state index contributed by atoms with van der Waals surface area (Å²) in [4.78, 5) is 48.3. The average Bonchev–Trinajstić information content (AvgIpc) is 2.85. The molecule has 0 unspecified atom stereocenters. The number of amides is 3. The number of halogens is 4. The van der Waals surface area contributed by atoms with E-state index in [1.165, 1.54) is 9.80 Å². The first-order valence-corrected chi connectivity index (χ1v) is 13.3. The molecule has 2 aliphatic rings. The van der Waals surface area contributed by atoms with Crippen molar-refractivity contribution in [2.24, 2.45) is 11.8 Å². The molecule has 2 atom stereocenters. The first-order chi connectivity index (χ1) is 18.1. The minimum atomic E-state index is -4.72. The number of hydrogen-bond acceptors (Lipinski definition) is 6. The second-order valence-corrected chi connectivity index (χ2v) is 11.7. The van der Waals surface area contributed by atoms with Crippen LogP contribution in [0.4, 0.5) is 18.0 Å². The van der Waals surface area contributed by atoms with Gasteiger partial charge in [-0.25, -0.2) is 9.78 Å². The molecule has 39 heavy (non-hydrogen) atoms. The van der Waals surface area contributed by atoms with Crippen molar-refractivity contribution >= 4 is 29.5 Å². The van der Waals surface area contributed by atoms with Crippen LogP contribution in [0.25, 0.3) is 0 Å². The Morgan fingerprint density at radius 1 is 1.13 bits per heavy atom. The van der Waals surface area contributed by atoms with E-state index < -0.39 is 46.6 Å². The molecule has 2 fully saturated rings. The lowest BCUT2D eigenvalue weighted by atomic mass is 9.91. The maximum atomic E-state index is 13.7. The number of likely N-dealkylation sites (tertiary alicyclic amines) is 1. The molecule has 9 nitrogen and oxygen atoms in total. The Hall–Kier alpha value is -2.60. The van der Waals surface area contributed by atoms with Crippen molar-refractivity contribution in [3.63, 3.8) is 0 Å². The molecule has 0 spiro atoms. The van der Waals surface area contributed by atoms with Crippen LogP contribution in [0.1, 0.15) is 57.1 Å². The molecule has 13 heteroatoms. The second kappa shape index (κ2) is 12.3. The number of morpholine rings is 1.